The topological polar surface area (TPSA) is 59.0 Å². The number of fused-ring (bicyclic) bond motifs is 1. The van der Waals surface area contributed by atoms with Crippen molar-refractivity contribution in [2.45, 2.75) is 57.8 Å². The third-order valence-corrected chi connectivity index (χ3v) is 4.27. The fourth-order valence-electron chi connectivity index (χ4n) is 3.21. The monoisotopic (exact) mass is 319 g/mol. The summed E-state index contributed by atoms with van der Waals surface area (Å²) < 4.78 is 11.4. The van der Waals surface area contributed by atoms with Crippen LogP contribution in [0.2, 0.25) is 0 Å². The highest BCUT2D eigenvalue weighted by atomic mass is 16.6. The van der Waals surface area contributed by atoms with Crippen molar-refractivity contribution in [3.8, 4) is 5.75 Å². The zero-order valence-electron chi connectivity index (χ0n) is 14.0. The van der Waals surface area contributed by atoms with Gasteiger partial charge in [0, 0.05) is 0 Å². The second-order valence-corrected chi connectivity index (χ2v) is 7.36. The molecule has 1 saturated heterocycles. The van der Waals surface area contributed by atoms with Crippen LogP contribution in [0.5, 0.6) is 5.75 Å². The second kappa shape index (κ2) is 6.04. The average molecular weight is 319 g/mol. The molecule has 0 aromatic heterocycles. The Labute approximate surface area is 137 Å². The average Bonchev–Trinajstić information content (AvgIpc) is 3.05. The fraction of sp³-hybridized carbons (Fsp3) is 0.611. The molecule has 0 saturated carbocycles. The maximum absolute atomic E-state index is 12.1. The van der Waals surface area contributed by atoms with E-state index in [2.05, 4.69) is 6.07 Å². The summed E-state index contributed by atoms with van der Waals surface area (Å²) in [6.45, 7) is 6.09. The first-order chi connectivity index (χ1) is 10.8. The number of β-amino-alcohol motifs (C(OH)–C–C–N with tert-alkyl or cyclic N) is 1. The second-order valence-electron chi connectivity index (χ2n) is 7.36. The number of hydrogen-bond acceptors (Lipinski definition) is 4. The third kappa shape index (κ3) is 3.61. The van der Waals surface area contributed by atoms with Crippen molar-refractivity contribution in [3.05, 3.63) is 29.3 Å². The summed E-state index contributed by atoms with van der Waals surface area (Å²) in [6, 6.07) is 6.08. The Morgan fingerprint density at radius 2 is 2.04 bits per heavy atom. The number of aryl methyl sites for hydroxylation is 1. The van der Waals surface area contributed by atoms with Crippen LogP contribution in [0.3, 0.4) is 0 Å². The van der Waals surface area contributed by atoms with Crippen molar-refractivity contribution < 1.29 is 19.4 Å². The molecule has 0 radical (unpaired) electrons. The molecular formula is C18H25NO4. The van der Waals surface area contributed by atoms with Crippen LogP contribution in [-0.2, 0) is 17.6 Å². The maximum atomic E-state index is 12.1. The molecule has 126 valence electrons. The highest BCUT2D eigenvalue weighted by Gasteiger charge is 2.38. The molecule has 1 N–H and O–H groups in total. The lowest BCUT2D eigenvalue weighted by atomic mass is 10.1. The van der Waals surface area contributed by atoms with Gasteiger partial charge in [0.25, 0.3) is 0 Å². The van der Waals surface area contributed by atoms with Gasteiger partial charge in [-0.3, -0.25) is 0 Å². The minimum atomic E-state index is -0.695. The summed E-state index contributed by atoms with van der Waals surface area (Å²) in [7, 11) is 0. The van der Waals surface area contributed by atoms with Crippen molar-refractivity contribution in [2.24, 2.45) is 0 Å². The molecule has 1 aromatic rings. The van der Waals surface area contributed by atoms with Gasteiger partial charge in [-0.25, -0.2) is 4.79 Å². The van der Waals surface area contributed by atoms with Gasteiger partial charge in [-0.15, -0.1) is 0 Å². The smallest absolute Gasteiger partial charge is 0.410 e. The van der Waals surface area contributed by atoms with Crippen LogP contribution in [0, 0.1) is 0 Å². The van der Waals surface area contributed by atoms with Gasteiger partial charge >= 0.3 is 6.09 Å². The highest BCUT2D eigenvalue weighted by molar-refractivity contribution is 5.68. The zero-order valence-corrected chi connectivity index (χ0v) is 14.0. The van der Waals surface area contributed by atoms with Gasteiger partial charge in [-0.1, -0.05) is 12.1 Å². The lowest BCUT2D eigenvalue weighted by molar-refractivity contribution is 0.0268. The van der Waals surface area contributed by atoms with Gasteiger partial charge in [0.15, 0.2) is 0 Å². The molecule has 0 spiro atoms. The number of likely N-dealkylation sites (tertiary alicyclic amines) is 1. The fourth-order valence-corrected chi connectivity index (χ4v) is 3.21. The summed E-state index contributed by atoms with van der Waals surface area (Å²) in [6.07, 6.45) is 1.75. The number of hydrogen-bond donors (Lipinski definition) is 1. The molecule has 1 aliphatic carbocycles. The summed E-state index contributed by atoms with van der Waals surface area (Å²) in [4.78, 5) is 13.6. The molecule has 0 unspecified atom stereocenters. The van der Waals surface area contributed by atoms with Crippen molar-refractivity contribution in [1.82, 2.24) is 4.90 Å². The molecule has 5 heteroatoms. The molecule has 1 heterocycles. The van der Waals surface area contributed by atoms with Gasteiger partial charge in [-0.05, 0) is 57.2 Å². The Kier molecular flexibility index (Phi) is 4.23. The summed E-state index contributed by atoms with van der Waals surface area (Å²) >= 11 is 0. The highest BCUT2D eigenvalue weighted by Crippen LogP contribution is 2.32. The van der Waals surface area contributed by atoms with E-state index in [1.165, 1.54) is 16.0 Å². The minimum absolute atomic E-state index is 0.245. The number of carbonyl (C=O) groups is 1. The molecule has 0 bridgehead atoms. The number of benzene rings is 1. The van der Waals surface area contributed by atoms with E-state index in [-0.39, 0.29) is 6.54 Å². The number of ether oxygens (including phenoxy) is 2. The Balaban J connectivity index is 1.66. The number of carbonyl (C=O) groups excluding carboxylic acids is 1. The number of nitrogens with zero attached hydrogens (tertiary/aromatic N) is 1. The molecule has 2 atom stereocenters. The molecule has 1 aromatic carbocycles. The first-order valence-corrected chi connectivity index (χ1v) is 8.27. The largest absolute Gasteiger partial charge is 0.485 e. The summed E-state index contributed by atoms with van der Waals surface area (Å²) in [5, 5.41) is 10.2. The summed E-state index contributed by atoms with van der Waals surface area (Å²) in [5.41, 5.74) is 2.04. The van der Waals surface area contributed by atoms with E-state index >= 15 is 0 Å². The standard InChI is InChI=1S/C18H25NO4/c1-18(2,3)23-17(21)19-10-14(20)16(11-19)22-15-9-5-7-12-6-4-8-13(12)15/h5,7,9,14,16,20H,4,6,8,10-11H2,1-3H3/t14-,16-/m1/s1. The number of aliphatic hydroxyl groups is 1. The molecular weight excluding hydrogens is 294 g/mol. The molecule has 1 amide bonds. The van der Waals surface area contributed by atoms with Crippen molar-refractivity contribution in [2.75, 3.05) is 13.1 Å². The van der Waals surface area contributed by atoms with Crippen LogP contribution in [0.4, 0.5) is 4.79 Å². The van der Waals surface area contributed by atoms with Crippen LogP contribution in [0.1, 0.15) is 38.3 Å². The van der Waals surface area contributed by atoms with Gasteiger partial charge in [0.2, 0.25) is 0 Å². The van der Waals surface area contributed by atoms with Gasteiger partial charge in [0.1, 0.15) is 23.6 Å². The predicted octanol–water partition coefficient (Wildman–Crippen LogP) is 2.53. The van der Waals surface area contributed by atoms with E-state index in [1.54, 1.807) is 0 Å². The van der Waals surface area contributed by atoms with Crippen LogP contribution < -0.4 is 4.74 Å². The normalized spacial score (nSPS) is 23.7. The first kappa shape index (κ1) is 16.1. The minimum Gasteiger partial charge on any atom is -0.485 e. The third-order valence-electron chi connectivity index (χ3n) is 4.27. The molecule has 2 aliphatic rings. The van der Waals surface area contributed by atoms with Crippen molar-refractivity contribution in [3.63, 3.8) is 0 Å². The van der Waals surface area contributed by atoms with Crippen LogP contribution in [-0.4, -0.2) is 47.0 Å². The molecule has 1 fully saturated rings. The van der Waals surface area contributed by atoms with Crippen LogP contribution >= 0.6 is 0 Å². The van der Waals surface area contributed by atoms with E-state index in [0.717, 1.165) is 25.0 Å². The first-order valence-electron chi connectivity index (χ1n) is 8.27. The quantitative estimate of drug-likeness (QED) is 0.910. The van der Waals surface area contributed by atoms with E-state index in [9.17, 15) is 9.90 Å². The number of amides is 1. The maximum Gasteiger partial charge on any atom is 0.410 e. The van der Waals surface area contributed by atoms with E-state index in [1.807, 2.05) is 32.9 Å². The number of rotatable bonds is 2. The van der Waals surface area contributed by atoms with Crippen LogP contribution in [0.25, 0.3) is 0 Å². The Morgan fingerprint density at radius 1 is 1.26 bits per heavy atom. The Bertz CT molecular complexity index is 593. The van der Waals surface area contributed by atoms with Gasteiger partial charge in [-0.2, -0.15) is 0 Å². The van der Waals surface area contributed by atoms with Gasteiger partial charge < -0.3 is 19.5 Å². The van der Waals surface area contributed by atoms with Crippen molar-refractivity contribution in [1.29, 1.82) is 0 Å². The van der Waals surface area contributed by atoms with Gasteiger partial charge in [0.05, 0.1) is 13.1 Å². The lowest BCUT2D eigenvalue weighted by Crippen LogP contribution is -2.36. The van der Waals surface area contributed by atoms with E-state index in [4.69, 9.17) is 9.47 Å². The Hall–Kier alpha value is -1.75. The SMILES string of the molecule is CC(C)(C)OC(=O)N1C[C@@H](O)[C@H](Oc2cccc3c2CCC3)C1. The molecule has 3 rings (SSSR count). The lowest BCUT2D eigenvalue weighted by Gasteiger charge is -2.24. The van der Waals surface area contributed by atoms with Crippen LogP contribution in [0.15, 0.2) is 18.2 Å². The van der Waals surface area contributed by atoms with E-state index in [0.29, 0.717) is 6.54 Å². The molecule has 5 nitrogen and oxygen atoms in total. The zero-order chi connectivity index (χ0) is 16.6. The summed E-state index contributed by atoms with van der Waals surface area (Å²) in [5.74, 6) is 0.843. The van der Waals surface area contributed by atoms with Crippen molar-refractivity contribution >= 4 is 6.09 Å². The van der Waals surface area contributed by atoms with E-state index < -0.39 is 23.9 Å². The predicted molar refractivity (Wildman–Crippen MR) is 86.7 cm³/mol. The molecule has 1 aliphatic heterocycles. The Morgan fingerprint density at radius 3 is 2.78 bits per heavy atom. The molecule has 23 heavy (non-hydrogen) atoms. The number of aliphatic hydroxyl groups excluding tert-OH is 1.